The maximum atomic E-state index is 12.6. The Morgan fingerprint density at radius 3 is 2.68 bits per heavy atom. The van der Waals surface area contributed by atoms with Crippen LogP contribution in [0.15, 0.2) is 28.7 Å². The van der Waals surface area contributed by atoms with Crippen LogP contribution in [-0.2, 0) is 9.59 Å². The highest BCUT2D eigenvalue weighted by molar-refractivity contribution is 5.83. The molecule has 2 aromatic rings. The molecule has 0 radical (unpaired) electrons. The number of nitrogens with zero attached hydrogens (tertiary/aromatic N) is 3. The fourth-order valence-electron chi connectivity index (χ4n) is 3.27. The van der Waals surface area contributed by atoms with Crippen LogP contribution in [-0.4, -0.2) is 53.0 Å². The Labute approximate surface area is 146 Å². The topological polar surface area (TPSA) is 86.9 Å². The molecule has 0 bridgehead atoms. The van der Waals surface area contributed by atoms with Crippen molar-refractivity contribution in [1.82, 2.24) is 9.88 Å². The van der Waals surface area contributed by atoms with E-state index >= 15 is 0 Å². The number of anilines is 1. The van der Waals surface area contributed by atoms with Crippen LogP contribution in [0.5, 0.6) is 0 Å². The molecule has 1 saturated heterocycles. The lowest BCUT2D eigenvalue weighted by molar-refractivity contribution is -0.146. The van der Waals surface area contributed by atoms with Gasteiger partial charge in [-0.3, -0.25) is 9.59 Å². The molecule has 0 atom stereocenters. The highest BCUT2D eigenvalue weighted by Gasteiger charge is 2.30. The number of fused-ring (bicyclic) bond motifs is 1. The van der Waals surface area contributed by atoms with Gasteiger partial charge in [0.2, 0.25) is 5.91 Å². The fraction of sp³-hybridized carbons (Fsp3) is 0.500. The van der Waals surface area contributed by atoms with Gasteiger partial charge in [0.25, 0.3) is 6.01 Å². The van der Waals surface area contributed by atoms with Crippen LogP contribution in [0.4, 0.5) is 6.01 Å². The van der Waals surface area contributed by atoms with Crippen molar-refractivity contribution in [3.8, 4) is 0 Å². The Kier molecular flexibility index (Phi) is 5.21. The van der Waals surface area contributed by atoms with Crippen molar-refractivity contribution < 1.29 is 19.1 Å². The summed E-state index contributed by atoms with van der Waals surface area (Å²) in [5.74, 6) is -1.15. The summed E-state index contributed by atoms with van der Waals surface area (Å²) in [5.41, 5.74) is 1.58. The minimum atomic E-state index is -0.967. The van der Waals surface area contributed by atoms with Crippen molar-refractivity contribution in [2.24, 2.45) is 5.92 Å². The van der Waals surface area contributed by atoms with Gasteiger partial charge in [-0.05, 0) is 31.4 Å². The van der Waals surface area contributed by atoms with E-state index in [2.05, 4.69) is 4.98 Å². The van der Waals surface area contributed by atoms with Crippen molar-refractivity contribution in [2.75, 3.05) is 31.1 Å². The third-order valence-corrected chi connectivity index (χ3v) is 4.53. The number of piperidine rings is 1. The van der Waals surface area contributed by atoms with Gasteiger partial charge in [0.15, 0.2) is 5.58 Å². The lowest BCUT2D eigenvalue weighted by atomic mass is 9.95. The molecule has 1 amide bonds. The molecule has 1 N–H and O–H groups in total. The summed E-state index contributed by atoms with van der Waals surface area (Å²) in [6.45, 7) is 3.55. The third-order valence-electron chi connectivity index (χ3n) is 4.53. The number of hydrogen-bond donors (Lipinski definition) is 1. The number of carbonyl (C=O) groups is 2. The van der Waals surface area contributed by atoms with E-state index in [1.165, 1.54) is 4.90 Å². The molecular formula is C18H23N3O4. The highest BCUT2D eigenvalue weighted by atomic mass is 16.4. The average molecular weight is 345 g/mol. The predicted octanol–water partition coefficient (Wildman–Crippen LogP) is 2.37. The van der Waals surface area contributed by atoms with E-state index in [1.807, 2.05) is 36.1 Å². The summed E-state index contributed by atoms with van der Waals surface area (Å²) >= 11 is 0. The Morgan fingerprint density at radius 2 is 2.04 bits per heavy atom. The first-order valence-corrected chi connectivity index (χ1v) is 8.69. The standard InChI is InChI=1S/C18H23N3O4/c1-2-9-21(12-16(22)23)17(24)13-7-10-20(11-8-13)18-19-14-5-3-4-6-15(14)25-18/h3-6,13H,2,7-12H2,1H3,(H,22,23). The van der Waals surface area contributed by atoms with Gasteiger partial charge in [-0.15, -0.1) is 0 Å². The maximum absolute atomic E-state index is 12.6. The summed E-state index contributed by atoms with van der Waals surface area (Å²) in [6.07, 6.45) is 2.11. The zero-order valence-electron chi connectivity index (χ0n) is 14.4. The maximum Gasteiger partial charge on any atom is 0.323 e. The van der Waals surface area contributed by atoms with Crippen LogP contribution < -0.4 is 4.90 Å². The van der Waals surface area contributed by atoms with Gasteiger partial charge in [0.1, 0.15) is 12.1 Å². The van der Waals surface area contributed by atoms with Gasteiger partial charge in [0, 0.05) is 25.6 Å². The number of benzene rings is 1. The number of rotatable bonds is 6. The molecule has 0 spiro atoms. The van der Waals surface area contributed by atoms with E-state index in [-0.39, 0.29) is 18.4 Å². The van der Waals surface area contributed by atoms with Crippen molar-refractivity contribution in [2.45, 2.75) is 26.2 Å². The molecule has 1 aromatic heterocycles. The second kappa shape index (κ2) is 7.55. The molecular weight excluding hydrogens is 322 g/mol. The summed E-state index contributed by atoms with van der Waals surface area (Å²) in [4.78, 5) is 31.6. The van der Waals surface area contributed by atoms with Crippen LogP contribution in [0.2, 0.25) is 0 Å². The Balaban J connectivity index is 1.62. The summed E-state index contributed by atoms with van der Waals surface area (Å²) in [6, 6.07) is 8.21. The van der Waals surface area contributed by atoms with Crippen LogP contribution in [0.25, 0.3) is 11.1 Å². The van der Waals surface area contributed by atoms with Gasteiger partial charge in [-0.25, -0.2) is 0 Å². The SMILES string of the molecule is CCCN(CC(=O)O)C(=O)C1CCN(c2nc3ccccc3o2)CC1. The molecule has 7 heteroatoms. The second-order valence-corrected chi connectivity index (χ2v) is 6.38. The third kappa shape index (κ3) is 3.92. The van der Waals surface area contributed by atoms with Crippen LogP contribution >= 0.6 is 0 Å². The molecule has 0 aliphatic carbocycles. The van der Waals surface area contributed by atoms with Gasteiger partial charge >= 0.3 is 5.97 Å². The van der Waals surface area contributed by atoms with E-state index in [0.29, 0.717) is 38.5 Å². The second-order valence-electron chi connectivity index (χ2n) is 6.38. The van der Waals surface area contributed by atoms with Crippen molar-refractivity contribution >= 4 is 29.0 Å². The number of aliphatic carboxylic acids is 1. The summed E-state index contributed by atoms with van der Waals surface area (Å²) in [5, 5.41) is 8.99. The summed E-state index contributed by atoms with van der Waals surface area (Å²) < 4.78 is 5.78. The van der Waals surface area contributed by atoms with Crippen LogP contribution in [0.3, 0.4) is 0 Å². The van der Waals surface area contributed by atoms with Gasteiger partial charge in [0.05, 0.1) is 0 Å². The minimum Gasteiger partial charge on any atom is -0.480 e. The average Bonchev–Trinajstić information content (AvgIpc) is 3.04. The first kappa shape index (κ1) is 17.3. The fourth-order valence-corrected chi connectivity index (χ4v) is 3.27. The normalized spacial score (nSPS) is 15.5. The summed E-state index contributed by atoms with van der Waals surface area (Å²) in [7, 11) is 0. The van der Waals surface area contributed by atoms with Crippen LogP contribution in [0.1, 0.15) is 26.2 Å². The number of para-hydroxylation sites is 2. The number of carboxylic acids is 1. The molecule has 2 heterocycles. The molecule has 3 rings (SSSR count). The smallest absolute Gasteiger partial charge is 0.323 e. The Hall–Kier alpha value is -2.57. The molecule has 134 valence electrons. The predicted molar refractivity (Wildman–Crippen MR) is 93.5 cm³/mol. The number of carboxylic acid groups (broad SMARTS) is 1. The minimum absolute atomic E-state index is 0.0542. The first-order chi connectivity index (χ1) is 12.1. The number of hydrogen-bond acceptors (Lipinski definition) is 5. The molecule has 1 fully saturated rings. The molecule has 7 nitrogen and oxygen atoms in total. The van der Waals surface area contributed by atoms with E-state index in [4.69, 9.17) is 9.52 Å². The molecule has 25 heavy (non-hydrogen) atoms. The highest BCUT2D eigenvalue weighted by Crippen LogP contribution is 2.27. The van der Waals surface area contributed by atoms with E-state index < -0.39 is 5.97 Å². The van der Waals surface area contributed by atoms with E-state index in [9.17, 15) is 9.59 Å². The number of amides is 1. The van der Waals surface area contributed by atoms with E-state index in [1.54, 1.807) is 0 Å². The molecule has 0 unspecified atom stereocenters. The molecule has 1 aliphatic heterocycles. The Bertz CT molecular complexity index is 717. The largest absolute Gasteiger partial charge is 0.480 e. The van der Waals surface area contributed by atoms with Crippen molar-refractivity contribution in [3.05, 3.63) is 24.3 Å². The number of oxazole rings is 1. The zero-order valence-corrected chi connectivity index (χ0v) is 14.4. The monoisotopic (exact) mass is 345 g/mol. The van der Waals surface area contributed by atoms with Crippen molar-refractivity contribution in [1.29, 1.82) is 0 Å². The van der Waals surface area contributed by atoms with Crippen molar-refractivity contribution in [3.63, 3.8) is 0 Å². The number of aromatic nitrogens is 1. The lowest BCUT2D eigenvalue weighted by Gasteiger charge is -2.33. The van der Waals surface area contributed by atoms with Gasteiger partial charge in [-0.2, -0.15) is 4.98 Å². The van der Waals surface area contributed by atoms with Gasteiger partial charge < -0.3 is 19.3 Å². The molecule has 1 aliphatic rings. The Morgan fingerprint density at radius 1 is 1.32 bits per heavy atom. The zero-order chi connectivity index (χ0) is 17.8. The van der Waals surface area contributed by atoms with Crippen LogP contribution in [0, 0.1) is 5.92 Å². The lowest BCUT2D eigenvalue weighted by Crippen LogP contribution is -2.44. The quantitative estimate of drug-likeness (QED) is 0.865. The van der Waals surface area contributed by atoms with E-state index in [0.717, 1.165) is 17.5 Å². The first-order valence-electron chi connectivity index (χ1n) is 8.69. The van der Waals surface area contributed by atoms with Gasteiger partial charge in [-0.1, -0.05) is 19.1 Å². The molecule has 1 aromatic carbocycles. The number of carbonyl (C=O) groups excluding carboxylic acids is 1. The molecule has 0 saturated carbocycles.